The Balaban J connectivity index is 2.66. The molecule has 0 saturated heterocycles. The van der Waals surface area contributed by atoms with Crippen molar-refractivity contribution in [3.05, 3.63) is 29.1 Å². The molecule has 0 spiro atoms. The number of nitrogens with one attached hydrogen (secondary N) is 1. The lowest BCUT2D eigenvalue weighted by molar-refractivity contribution is 0.447. The first-order valence-corrected chi connectivity index (χ1v) is 6.44. The molecule has 1 rings (SSSR count). The van der Waals surface area contributed by atoms with Crippen molar-refractivity contribution in [1.29, 1.82) is 0 Å². The van der Waals surface area contributed by atoms with Gasteiger partial charge in [0.25, 0.3) is 0 Å². The minimum atomic E-state index is 0.175. The Bertz CT molecular complexity index is 347. The van der Waals surface area contributed by atoms with Crippen LogP contribution in [0, 0.1) is 19.8 Å². The highest BCUT2D eigenvalue weighted by atomic mass is 15.2. The maximum Gasteiger partial charge on any atom is 0.0634 e. The Morgan fingerprint density at radius 1 is 1.29 bits per heavy atom. The molecule has 3 N–H and O–H groups in total. The molecule has 1 aromatic heterocycles. The van der Waals surface area contributed by atoms with Gasteiger partial charge in [-0.05, 0) is 37.3 Å². The highest BCUT2D eigenvalue weighted by Gasteiger charge is 2.13. The van der Waals surface area contributed by atoms with Gasteiger partial charge in [-0.15, -0.1) is 0 Å². The second kappa shape index (κ2) is 6.72. The average Bonchev–Trinajstić information content (AvgIpc) is 2.25. The summed E-state index contributed by atoms with van der Waals surface area (Å²) in [6.07, 6.45) is 5.38. The minimum absolute atomic E-state index is 0.175. The molecule has 0 aliphatic carbocycles. The van der Waals surface area contributed by atoms with E-state index in [1.807, 2.05) is 6.20 Å². The van der Waals surface area contributed by atoms with E-state index >= 15 is 0 Å². The zero-order valence-electron chi connectivity index (χ0n) is 11.5. The third-order valence-electron chi connectivity index (χ3n) is 3.06. The molecule has 1 unspecified atom stereocenters. The van der Waals surface area contributed by atoms with Crippen LogP contribution in [0.25, 0.3) is 0 Å². The quantitative estimate of drug-likeness (QED) is 0.588. The topological polar surface area (TPSA) is 50.9 Å². The molecule has 1 heterocycles. The summed E-state index contributed by atoms with van der Waals surface area (Å²) in [5, 5.41) is 0. The maximum atomic E-state index is 5.64. The molecule has 0 radical (unpaired) electrons. The van der Waals surface area contributed by atoms with Crippen LogP contribution in [0.5, 0.6) is 0 Å². The predicted molar refractivity (Wildman–Crippen MR) is 72.5 cm³/mol. The second-order valence-corrected chi connectivity index (χ2v) is 5.26. The lowest BCUT2D eigenvalue weighted by atomic mass is 9.99. The van der Waals surface area contributed by atoms with Crippen LogP contribution >= 0.6 is 0 Å². The molecule has 0 aliphatic heterocycles. The van der Waals surface area contributed by atoms with E-state index in [9.17, 15) is 0 Å². The largest absolute Gasteiger partial charge is 0.271 e. The third-order valence-corrected chi connectivity index (χ3v) is 3.06. The SMILES string of the molecule is Cc1cnc(C(CCCC(C)C)NN)c(C)c1. The van der Waals surface area contributed by atoms with Gasteiger partial charge in [-0.3, -0.25) is 16.3 Å². The number of aryl methyl sites for hydroxylation is 2. The van der Waals surface area contributed by atoms with Gasteiger partial charge in [0.15, 0.2) is 0 Å². The van der Waals surface area contributed by atoms with E-state index < -0.39 is 0 Å². The molecule has 3 heteroatoms. The molecule has 0 aromatic carbocycles. The number of nitrogens with two attached hydrogens (primary N) is 1. The number of hydrogen-bond donors (Lipinski definition) is 2. The van der Waals surface area contributed by atoms with Crippen molar-refractivity contribution in [3.63, 3.8) is 0 Å². The Kier molecular flexibility index (Phi) is 5.59. The monoisotopic (exact) mass is 235 g/mol. The van der Waals surface area contributed by atoms with E-state index in [1.54, 1.807) is 0 Å². The first kappa shape index (κ1) is 14.1. The van der Waals surface area contributed by atoms with Crippen molar-refractivity contribution >= 4 is 0 Å². The van der Waals surface area contributed by atoms with E-state index in [0.29, 0.717) is 0 Å². The molecule has 96 valence electrons. The average molecular weight is 235 g/mol. The summed E-state index contributed by atoms with van der Waals surface area (Å²) in [6, 6.07) is 2.34. The Hall–Kier alpha value is -0.930. The maximum absolute atomic E-state index is 5.64. The van der Waals surface area contributed by atoms with Crippen LogP contribution in [0.15, 0.2) is 12.3 Å². The third kappa shape index (κ3) is 4.44. The number of pyridine rings is 1. The summed E-state index contributed by atoms with van der Waals surface area (Å²) < 4.78 is 0. The van der Waals surface area contributed by atoms with Crippen molar-refractivity contribution < 1.29 is 0 Å². The second-order valence-electron chi connectivity index (χ2n) is 5.26. The van der Waals surface area contributed by atoms with Crippen LogP contribution in [-0.2, 0) is 0 Å². The van der Waals surface area contributed by atoms with Crippen molar-refractivity contribution in [2.45, 2.75) is 53.0 Å². The van der Waals surface area contributed by atoms with Crippen LogP contribution in [0.2, 0.25) is 0 Å². The van der Waals surface area contributed by atoms with Gasteiger partial charge in [-0.25, -0.2) is 0 Å². The van der Waals surface area contributed by atoms with Crippen molar-refractivity contribution in [1.82, 2.24) is 10.4 Å². The molecular weight excluding hydrogens is 210 g/mol. The van der Waals surface area contributed by atoms with Crippen molar-refractivity contribution in [2.24, 2.45) is 11.8 Å². The number of hydrogen-bond acceptors (Lipinski definition) is 3. The van der Waals surface area contributed by atoms with Gasteiger partial charge in [-0.2, -0.15) is 0 Å². The van der Waals surface area contributed by atoms with Crippen LogP contribution in [-0.4, -0.2) is 4.98 Å². The highest BCUT2D eigenvalue weighted by Crippen LogP contribution is 2.21. The standard InChI is InChI=1S/C14H25N3/c1-10(2)6-5-7-13(17-15)14-12(4)8-11(3)9-16-14/h8-10,13,17H,5-7,15H2,1-4H3. The summed E-state index contributed by atoms with van der Waals surface area (Å²) in [5.41, 5.74) is 6.39. The number of rotatable bonds is 6. The summed E-state index contributed by atoms with van der Waals surface area (Å²) in [6.45, 7) is 8.66. The summed E-state index contributed by atoms with van der Waals surface area (Å²) in [4.78, 5) is 4.50. The van der Waals surface area contributed by atoms with Gasteiger partial charge in [0.05, 0.1) is 11.7 Å². The fourth-order valence-corrected chi connectivity index (χ4v) is 2.12. The molecule has 17 heavy (non-hydrogen) atoms. The van der Waals surface area contributed by atoms with E-state index in [-0.39, 0.29) is 6.04 Å². The number of aromatic nitrogens is 1. The van der Waals surface area contributed by atoms with Gasteiger partial charge < -0.3 is 0 Å². The summed E-state index contributed by atoms with van der Waals surface area (Å²) >= 11 is 0. The molecule has 3 nitrogen and oxygen atoms in total. The molecule has 0 saturated carbocycles. The fourth-order valence-electron chi connectivity index (χ4n) is 2.12. The smallest absolute Gasteiger partial charge is 0.0634 e. The van der Waals surface area contributed by atoms with Gasteiger partial charge in [0, 0.05) is 6.20 Å². The van der Waals surface area contributed by atoms with Crippen molar-refractivity contribution in [3.8, 4) is 0 Å². The van der Waals surface area contributed by atoms with E-state index in [1.165, 1.54) is 24.0 Å². The highest BCUT2D eigenvalue weighted by molar-refractivity contribution is 5.25. The molecule has 0 bridgehead atoms. The Morgan fingerprint density at radius 2 is 2.00 bits per heavy atom. The number of nitrogens with zero attached hydrogens (tertiary/aromatic N) is 1. The number of hydrazine groups is 1. The zero-order chi connectivity index (χ0) is 12.8. The normalized spacial score (nSPS) is 13.1. The van der Waals surface area contributed by atoms with E-state index in [4.69, 9.17) is 5.84 Å². The van der Waals surface area contributed by atoms with E-state index in [0.717, 1.165) is 18.0 Å². The van der Waals surface area contributed by atoms with E-state index in [2.05, 4.69) is 44.2 Å². The van der Waals surface area contributed by atoms with Crippen LogP contribution in [0.4, 0.5) is 0 Å². The lowest BCUT2D eigenvalue weighted by Crippen LogP contribution is -2.29. The predicted octanol–water partition coefficient (Wildman–Crippen LogP) is 3.03. The first-order chi connectivity index (χ1) is 8.04. The Morgan fingerprint density at radius 3 is 2.53 bits per heavy atom. The summed E-state index contributed by atoms with van der Waals surface area (Å²) in [7, 11) is 0. The minimum Gasteiger partial charge on any atom is -0.271 e. The molecular formula is C14H25N3. The van der Waals surface area contributed by atoms with Crippen LogP contribution < -0.4 is 11.3 Å². The van der Waals surface area contributed by atoms with Gasteiger partial charge >= 0.3 is 0 Å². The van der Waals surface area contributed by atoms with Crippen molar-refractivity contribution in [2.75, 3.05) is 0 Å². The molecule has 0 fully saturated rings. The van der Waals surface area contributed by atoms with Crippen LogP contribution in [0.1, 0.15) is 56.0 Å². The van der Waals surface area contributed by atoms with Gasteiger partial charge in [-0.1, -0.05) is 32.8 Å². The van der Waals surface area contributed by atoms with Gasteiger partial charge in [0.1, 0.15) is 0 Å². The molecule has 0 aliphatic rings. The molecule has 1 aromatic rings. The van der Waals surface area contributed by atoms with Gasteiger partial charge in [0.2, 0.25) is 0 Å². The fraction of sp³-hybridized carbons (Fsp3) is 0.643. The lowest BCUT2D eigenvalue weighted by Gasteiger charge is -2.18. The Labute approximate surface area is 105 Å². The molecule has 0 amide bonds. The first-order valence-electron chi connectivity index (χ1n) is 6.44. The summed E-state index contributed by atoms with van der Waals surface area (Å²) in [5.74, 6) is 6.39. The molecule has 1 atom stereocenters. The van der Waals surface area contributed by atoms with Crippen LogP contribution in [0.3, 0.4) is 0 Å². The zero-order valence-corrected chi connectivity index (χ0v) is 11.5.